The Morgan fingerprint density at radius 2 is 2.09 bits per heavy atom. The van der Waals surface area contributed by atoms with Crippen molar-refractivity contribution in [3.8, 4) is 11.5 Å². The average molecular weight is 305 g/mol. The highest BCUT2D eigenvalue weighted by atomic mass is 16.5. The minimum atomic E-state index is -0.267. The van der Waals surface area contributed by atoms with E-state index in [9.17, 15) is 4.79 Å². The van der Waals surface area contributed by atoms with Crippen molar-refractivity contribution in [1.29, 1.82) is 0 Å². The van der Waals surface area contributed by atoms with Crippen molar-refractivity contribution in [2.45, 2.75) is 13.3 Å². The van der Waals surface area contributed by atoms with Crippen LogP contribution in [0.2, 0.25) is 0 Å². The SMILES string of the molecule is COc1ccc(Nc2nc(C)c(CCO)c(=O)[nH]2)c(OC)c1. The number of rotatable bonds is 6. The molecule has 1 heterocycles. The van der Waals surface area contributed by atoms with Crippen molar-refractivity contribution in [3.05, 3.63) is 39.8 Å². The molecular weight excluding hydrogens is 286 g/mol. The van der Waals surface area contributed by atoms with Gasteiger partial charge in [-0.25, -0.2) is 4.98 Å². The van der Waals surface area contributed by atoms with Crippen LogP contribution in [0.4, 0.5) is 11.6 Å². The molecule has 1 aromatic carbocycles. The van der Waals surface area contributed by atoms with Gasteiger partial charge in [-0.2, -0.15) is 0 Å². The molecule has 0 radical (unpaired) electrons. The maximum Gasteiger partial charge on any atom is 0.255 e. The van der Waals surface area contributed by atoms with E-state index in [0.29, 0.717) is 34.4 Å². The van der Waals surface area contributed by atoms with Gasteiger partial charge in [-0.1, -0.05) is 0 Å². The molecule has 0 aliphatic carbocycles. The van der Waals surface area contributed by atoms with Crippen LogP contribution in [0.15, 0.2) is 23.0 Å². The van der Waals surface area contributed by atoms with Crippen LogP contribution in [0.5, 0.6) is 11.5 Å². The van der Waals surface area contributed by atoms with Crippen LogP contribution in [-0.4, -0.2) is 35.9 Å². The molecular formula is C15H19N3O4. The fraction of sp³-hybridized carbons (Fsp3) is 0.333. The summed E-state index contributed by atoms with van der Waals surface area (Å²) in [5.41, 5.74) is 1.44. The number of hydrogen-bond acceptors (Lipinski definition) is 6. The van der Waals surface area contributed by atoms with Gasteiger partial charge in [-0.15, -0.1) is 0 Å². The molecule has 0 fully saturated rings. The quantitative estimate of drug-likeness (QED) is 0.746. The molecule has 7 heteroatoms. The topological polar surface area (TPSA) is 96.5 Å². The van der Waals surface area contributed by atoms with Crippen LogP contribution in [0, 0.1) is 6.92 Å². The molecule has 2 aromatic rings. The summed E-state index contributed by atoms with van der Waals surface area (Å²) in [4.78, 5) is 19.0. The van der Waals surface area contributed by atoms with Crippen molar-refractivity contribution >= 4 is 11.6 Å². The third-order valence-corrected chi connectivity index (χ3v) is 3.25. The minimum absolute atomic E-state index is 0.0926. The molecule has 2 rings (SSSR count). The van der Waals surface area contributed by atoms with Crippen molar-refractivity contribution in [3.63, 3.8) is 0 Å². The molecule has 3 N–H and O–H groups in total. The first-order chi connectivity index (χ1) is 10.6. The molecule has 0 aliphatic heterocycles. The Morgan fingerprint density at radius 3 is 2.68 bits per heavy atom. The summed E-state index contributed by atoms with van der Waals surface area (Å²) >= 11 is 0. The molecule has 7 nitrogen and oxygen atoms in total. The van der Waals surface area contributed by atoms with E-state index in [-0.39, 0.29) is 18.6 Å². The number of anilines is 2. The van der Waals surface area contributed by atoms with Crippen molar-refractivity contribution in [2.75, 3.05) is 26.1 Å². The second-order valence-corrected chi connectivity index (χ2v) is 4.64. The molecule has 0 saturated heterocycles. The highest BCUT2D eigenvalue weighted by Crippen LogP contribution is 2.30. The number of aromatic amines is 1. The smallest absolute Gasteiger partial charge is 0.255 e. The Morgan fingerprint density at radius 1 is 1.32 bits per heavy atom. The van der Waals surface area contributed by atoms with Gasteiger partial charge in [-0.05, 0) is 19.1 Å². The minimum Gasteiger partial charge on any atom is -0.497 e. The van der Waals surface area contributed by atoms with Crippen LogP contribution in [0.1, 0.15) is 11.3 Å². The molecule has 1 aromatic heterocycles. The summed E-state index contributed by atoms with van der Waals surface area (Å²) in [7, 11) is 3.12. The van der Waals surface area contributed by atoms with Gasteiger partial charge < -0.3 is 19.9 Å². The molecule has 0 amide bonds. The fourth-order valence-corrected chi connectivity index (χ4v) is 2.11. The molecule has 0 unspecified atom stereocenters. The van der Waals surface area contributed by atoms with Crippen molar-refractivity contribution in [1.82, 2.24) is 9.97 Å². The summed E-state index contributed by atoms with van der Waals surface area (Å²) in [6.07, 6.45) is 0.278. The van der Waals surface area contributed by atoms with Crippen molar-refractivity contribution < 1.29 is 14.6 Å². The van der Waals surface area contributed by atoms with Gasteiger partial charge in [0.05, 0.1) is 25.6 Å². The predicted molar refractivity (Wildman–Crippen MR) is 83.2 cm³/mol. The number of ether oxygens (including phenoxy) is 2. The van der Waals surface area contributed by atoms with Crippen LogP contribution in [0.25, 0.3) is 0 Å². The zero-order valence-corrected chi connectivity index (χ0v) is 12.8. The Balaban J connectivity index is 2.33. The van der Waals surface area contributed by atoms with Crippen LogP contribution < -0.4 is 20.3 Å². The number of nitrogens with zero attached hydrogens (tertiary/aromatic N) is 1. The number of nitrogens with one attached hydrogen (secondary N) is 2. The highest BCUT2D eigenvalue weighted by Gasteiger charge is 2.10. The monoisotopic (exact) mass is 305 g/mol. The fourth-order valence-electron chi connectivity index (χ4n) is 2.11. The lowest BCUT2D eigenvalue weighted by molar-refractivity contribution is 0.298. The molecule has 118 valence electrons. The average Bonchev–Trinajstić information content (AvgIpc) is 2.51. The van der Waals surface area contributed by atoms with Gasteiger partial charge in [-0.3, -0.25) is 9.78 Å². The first-order valence-electron chi connectivity index (χ1n) is 6.78. The zero-order chi connectivity index (χ0) is 16.1. The third-order valence-electron chi connectivity index (χ3n) is 3.25. The normalized spacial score (nSPS) is 10.4. The molecule has 0 aliphatic rings. The second-order valence-electron chi connectivity index (χ2n) is 4.64. The number of H-pyrrole nitrogens is 1. The Labute approximate surface area is 127 Å². The van der Waals surface area contributed by atoms with Crippen molar-refractivity contribution in [2.24, 2.45) is 0 Å². The lowest BCUT2D eigenvalue weighted by atomic mass is 10.2. The van der Waals surface area contributed by atoms with Crippen LogP contribution >= 0.6 is 0 Å². The first kappa shape index (κ1) is 15.8. The lowest BCUT2D eigenvalue weighted by Gasteiger charge is -2.12. The predicted octanol–water partition coefficient (Wildman–Crippen LogP) is 1.37. The van der Waals surface area contributed by atoms with E-state index in [1.165, 1.54) is 0 Å². The van der Waals surface area contributed by atoms with E-state index >= 15 is 0 Å². The Bertz CT molecular complexity index is 712. The lowest BCUT2D eigenvalue weighted by Crippen LogP contribution is -2.19. The number of aryl methyl sites for hydroxylation is 1. The molecule has 0 bridgehead atoms. The first-order valence-corrected chi connectivity index (χ1v) is 6.78. The Hall–Kier alpha value is -2.54. The van der Waals surface area contributed by atoms with Gasteiger partial charge in [0, 0.05) is 24.7 Å². The highest BCUT2D eigenvalue weighted by molar-refractivity contribution is 5.64. The van der Waals surface area contributed by atoms with Crippen LogP contribution in [-0.2, 0) is 6.42 Å². The number of aliphatic hydroxyl groups excluding tert-OH is 1. The largest absolute Gasteiger partial charge is 0.497 e. The number of aromatic nitrogens is 2. The van der Waals surface area contributed by atoms with Crippen LogP contribution in [0.3, 0.4) is 0 Å². The van der Waals surface area contributed by atoms with E-state index in [4.69, 9.17) is 14.6 Å². The molecule has 0 spiro atoms. The number of hydrogen-bond donors (Lipinski definition) is 3. The number of benzene rings is 1. The molecule has 0 saturated carbocycles. The van der Waals surface area contributed by atoms with E-state index in [0.717, 1.165) is 0 Å². The summed E-state index contributed by atoms with van der Waals surface area (Å²) in [5.74, 6) is 1.55. The second kappa shape index (κ2) is 6.95. The molecule has 22 heavy (non-hydrogen) atoms. The van der Waals surface area contributed by atoms with Gasteiger partial charge in [0.15, 0.2) is 0 Å². The maximum absolute atomic E-state index is 12.0. The van der Waals surface area contributed by atoms with Gasteiger partial charge in [0.25, 0.3) is 5.56 Å². The summed E-state index contributed by atoms with van der Waals surface area (Å²) in [5, 5.41) is 12.0. The van der Waals surface area contributed by atoms with Gasteiger partial charge in [0.1, 0.15) is 11.5 Å². The van der Waals surface area contributed by atoms with E-state index in [1.54, 1.807) is 39.3 Å². The standard InChI is InChI=1S/C15H19N3O4/c1-9-11(6-7-19)14(20)18-15(16-9)17-12-5-4-10(21-2)8-13(12)22-3/h4-5,8,19H,6-7H2,1-3H3,(H2,16,17,18,20). The van der Waals surface area contributed by atoms with E-state index < -0.39 is 0 Å². The maximum atomic E-state index is 12.0. The van der Waals surface area contributed by atoms with Gasteiger partial charge in [0.2, 0.25) is 5.95 Å². The number of methoxy groups -OCH3 is 2. The zero-order valence-electron chi connectivity index (χ0n) is 12.8. The van der Waals surface area contributed by atoms with Gasteiger partial charge >= 0.3 is 0 Å². The summed E-state index contributed by atoms with van der Waals surface area (Å²) < 4.78 is 10.4. The summed E-state index contributed by atoms with van der Waals surface area (Å²) in [6, 6.07) is 5.28. The Kier molecular flexibility index (Phi) is 5.00. The van der Waals surface area contributed by atoms with E-state index in [2.05, 4.69) is 15.3 Å². The third kappa shape index (κ3) is 3.37. The molecule has 0 atom stereocenters. The summed E-state index contributed by atoms with van der Waals surface area (Å²) in [6.45, 7) is 1.64. The van der Waals surface area contributed by atoms with E-state index in [1.807, 2.05) is 0 Å². The number of aliphatic hydroxyl groups is 1.